The van der Waals surface area contributed by atoms with E-state index in [-0.39, 0.29) is 14.7 Å². The minimum atomic E-state index is -4.12. The molecule has 5 rings (SSSR count). The summed E-state index contributed by atoms with van der Waals surface area (Å²) in [6, 6.07) is 17.2. The van der Waals surface area contributed by atoms with Crippen LogP contribution in [0.15, 0.2) is 86.3 Å². The van der Waals surface area contributed by atoms with Gasteiger partial charge in [-0.3, -0.25) is 0 Å². The monoisotopic (exact) mass is 538 g/mol. The molecule has 0 aromatic heterocycles. The molecule has 2 aliphatic carbocycles. The van der Waals surface area contributed by atoms with Crippen LogP contribution in [0.4, 0.5) is 0 Å². The first kappa shape index (κ1) is 26.0. The molecule has 7 heteroatoms. The second-order valence-corrected chi connectivity index (χ2v) is 14.3. The van der Waals surface area contributed by atoms with Crippen LogP contribution in [0.3, 0.4) is 0 Å². The minimum absolute atomic E-state index is 0.0359. The Morgan fingerprint density at radius 3 is 1.38 bits per heavy atom. The molecule has 0 bridgehead atoms. The molecule has 0 amide bonds. The van der Waals surface area contributed by atoms with Gasteiger partial charge >= 0.3 is 0 Å². The molecule has 0 atom stereocenters. The number of benzene rings is 3. The largest absolute Gasteiger partial charge is 0.507 e. The average Bonchev–Trinajstić information content (AvgIpc) is 2.94. The molecule has 0 unspecified atom stereocenters. The molecule has 37 heavy (non-hydrogen) atoms. The summed E-state index contributed by atoms with van der Waals surface area (Å²) in [7, 11) is -8.08. The van der Waals surface area contributed by atoms with Crippen molar-refractivity contribution in [2.45, 2.75) is 95.6 Å². The Bertz CT molecular complexity index is 1450. The van der Waals surface area contributed by atoms with Crippen LogP contribution in [-0.4, -0.2) is 21.9 Å². The van der Waals surface area contributed by atoms with Crippen molar-refractivity contribution < 1.29 is 21.9 Å². The lowest BCUT2D eigenvalue weighted by atomic mass is 9.84. The maximum atomic E-state index is 13.4. The van der Waals surface area contributed by atoms with Gasteiger partial charge < -0.3 is 5.11 Å². The molecule has 2 saturated carbocycles. The maximum absolute atomic E-state index is 13.4. The summed E-state index contributed by atoms with van der Waals surface area (Å²) in [6.45, 7) is 0. The molecule has 196 valence electrons. The van der Waals surface area contributed by atoms with Crippen molar-refractivity contribution in [1.82, 2.24) is 0 Å². The highest BCUT2D eigenvalue weighted by Gasteiger charge is 2.27. The van der Waals surface area contributed by atoms with Crippen molar-refractivity contribution in [3.05, 3.63) is 77.9 Å². The Labute approximate surface area is 220 Å². The fraction of sp³-hybridized carbons (Fsp3) is 0.400. The number of rotatable bonds is 6. The zero-order valence-electron chi connectivity index (χ0n) is 21.0. The van der Waals surface area contributed by atoms with E-state index in [1.165, 1.54) is 44.6 Å². The normalized spacial score (nSPS) is 18.1. The Morgan fingerprint density at radius 2 is 0.919 bits per heavy atom. The van der Waals surface area contributed by atoms with E-state index < -0.39 is 30.3 Å². The maximum Gasteiger partial charge on any atom is 0.210 e. The van der Waals surface area contributed by atoms with Gasteiger partial charge in [-0.15, -0.1) is 0 Å². The van der Waals surface area contributed by atoms with Gasteiger partial charge in [0.15, 0.2) is 0 Å². The Balaban J connectivity index is 1.42. The first-order valence-corrected chi connectivity index (χ1v) is 16.3. The number of hydrogen-bond acceptors (Lipinski definition) is 5. The van der Waals surface area contributed by atoms with Crippen LogP contribution >= 0.6 is 0 Å². The van der Waals surface area contributed by atoms with Crippen molar-refractivity contribution in [3.63, 3.8) is 0 Å². The molecule has 1 N–H and O–H groups in total. The lowest BCUT2D eigenvalue weighted by Gasteiger charge is -2.22. The van der Waals surface area contributed by atoms with E-state index in [1.54, 1.807) is 24.3 Å². The van der Waals surface area contributed by atoms with Crippen molar-refractivity contribution in [1.29, 1.82) is 0 Å². The molecule has 0 spiro atoms. The van der Waals surface area contributed by atoms with Crippen molar-refractivity contribution in [2.24, 2.45) is 0 Å². The molecular weight excluding hydrogens is 504 g/mol. The van der Waals surface area contributed by atoms with E-state index in [1.807, 2.05) is 24.3 Å². The molecule has 3 aromatic carbocycles. The number of phenolic OH excluding ortho intramolecular Hbond substituents is 1. The van der Waals surface area contributed by atoms with Gasteiger partial charge in [0, 0.05) is 0 Å². The summed E-state index contributed by atoms with van der Waals surface area (Å²) < 4.78 is 53.6. The Morgan fingerprint density at radius 1 is 0.514 bits per heavy atom. The van der Waals surface area contributed by atoms with Crippen LogP contribution in [0, 0.1) is 0 Å². The third-order valence-electron chi connectivity index (χ3n) is 8.07. The fourth-order valence-corrected chi connectivity index (χ4v) is 8.59. The van der Waals surface area contributed by atoms with Crippen LogP contribution in [0.1, 0.15) is 87.2 Å². The van der Waals surface area contributed by atoms with E-state index in [9.17, 15) is 21.9 Å². The van der Waals surface area contributed by atoms with Gasteiger partial charge in [0.25, 0.3) is 0 Å². The lowest BCUT2D eigenvalue weighted by Crippen LogP contribution is -2.08. The van der Waals surface area contributed by atoms with Gasteiger partial charge in [0.1, 0.15) is 10.6 Å². The smallest absolute Gasteiger partial charge is 0.210 e. The Hall–Kier alpha value is -2.64. The van der Waals surface area contributed by atoms with E-state index in [0.29, 0.717) is 11.8 Å². The van der Waals surface area contributed by atoms with Gasteiger partial charge in [-0.05, 0) is 91.1 Å². The lowest BCUT2D eigenvalue weighted by molar-refractivity contribution is 0.443. The van der Waals surface area contributed by atoms with Crippen LogP contribution in [0.25, 0.3) is 0 Å². The third-order valence-corrected chi connectivity index (χ3v) is 11.6. The van der Waals surface area contributed by atoms with E-state index in [4.69, 9.17) is 0 Å². The van der Waals surface area contributed by atoms with Gasteiger partial charge in [0.05, 0.1) is 14.7 Å². The molecular formula is C30H34O5S2. The van der Waals surface area contributed by atoms with Crippen LogP contribution in [0.2, 0.25) is 0 Å². The minimum Gasteiger partial charge on any atom is -0.507 e. The second-order valence-electron chi connectivity index (χ2n) is 10.4. The summed E-state index contributed by atoms with van der Waals surface area (Å²) in [4.78, 5) is -0.419. The van der Waals surface area contributed by atoms with Gasteiger partial charge in [-0.2, -0.15) is 0 Å². The zero-order valence-corrected chi connectivity index (χ0v) is 22.6. The summed E-state index contributed by atoms with van der Waals surface area (Å²) in [5, 5.41) is 10.4. The summed E-state index contributed by atoms with van der Waals surface area (Å²) in [5.41, 5.74) is 2.26. The zero-order chi connectivity index (χ0) is 26.0. The molecule has 0 heterocycles. The van der Waals surface area contributed by atoms with Crippen molar-refractivity contribution >= 4 is 19.7 Å². The third kappa shape index (κ3) is 5.34. The molecule has 0 aliphatic heterocycles. The predicted molar refractivity (Wildman–Crippen MR) is 144 cm³/mol. The van der Waals surface area contributed by atoms with Gasteiger partial charge in [0.2, 0.25) is 19.7 Å². The first-order chi connectivity index (χ1) is 17.8. The SMILES string of the molecule is O=S(=O)(c1ccc(C2CCCCC2)cc1)c1ccc(O)c(S(=O)(=O)c2ccc(C3CCCCC3)cc2)c1. The molecule has 3 aromatic rings. The standard InChI is InChI=1S/C30H34O5S2/c31-29-20-19-28(36(32,33)26-15-11-24(12-16-26)22-7-3-1-4-8-22)21-30(29)37(34,35)27-17-13-25(14-18-27)23-9-5-2-6-10-23/h11-23,31H,1-10H2. The van der Waals surface area contributed by atoms with E-state index in [2.05, 4.69) is 0 Å². The fourth-order valence-electron chi connectivity index (χ4n) is 5.85. The highest BCUT2D eigenvalue weighted by atomic mass is 32.2. The van der Waals surface area contributed by atoms with E-state index in [0.717, 1.165) is 48.9 Å². The first-order valence-electron chi connectivity index (χ1n) is 13.3. The van der Waals surface area contributed by atoms with Crippen molar-refractivity contribution in [3.8, 4) is 5.75 Å². The van der Waals surface area contributed by atoms with Gasteiger partial charge in [-0.1, -0.05) is 62.8 Å². The van der Waals surface area contributed by atoms with Crippen LogP contribution in [-0.2, 0) is 19.7 Å². The average molecular weight is 539 g/mol. The summed E-state index contributed by atoms with van der Waals surface area (Å²) >= 11 is 0. The Kier molecular flexibility index (Phi) is 7.46. The molecule has 0 saturated heterocycles. The topological polar surface area (TPSA) is 88.5 Å². The second kappa shape index (κ2) is 10.6. The summed E-state index contributed by atoms with van der Waals surface area (Å²) in [5.74, 6) is 0.431. The summed E-state index contributed by atoms with van der Waals surface area (Å²) in [6.07, 6.45) is 11.7. The van der Waals surface area contributed by atoms with Crippen LogP contribution in [0.5, 0.6) is 5.75 Å². The van der Waals surface area contributed by atoms with E-state index >= 15 is 0 Å². The molecule has 5 nitrogen and oxygen atoms in total. The number of hydrogen-bond donors (Lipinski definition) is 1. The van der Waals surface area contributed by atoms with Gasteiger partial charge in [-0.25, -0.2) is 16.8 Å². The van der Waals surface area contributed by atoms with Crippen LogP contribution < -0.4 is 0 Å². The van der Waals surface area contributed by atoms with Crippen molar-refractivity contribution in [2.75, 3.05) is 0 Å². The molecule has 2 aliphatic rings. The number of phenols is 1. The number of aromatic hydroxyl groups is 1. The molecule has 0 radical (unpaired) electrons. The number of sulfone groups is 2. The molecule has 2 fully saturated rings. The highest BCUT2D eigenvalue weighted by molar-refractivity contribution is 7.92. The quantitative estimate of drug-likeness (QED) is 0.360. The highest BCUT2D eigenvalue weighted by Crippen LogP contribution is 2.37. The predicted octanol–water partition coefficient (Wildman–Crippen LogP) is 7.15.